The van der Waals surface area contributed by atoms with Crippen LogP contribution >= 0.6 is 22.9 Å². The zero-order chi connectivity index (χ0) is 13.1. The van der Waals surface area contributed by atoms with Crippen LogP contribution in [-0.4, -0.2) is 9.55 Å². The monoisotopic (exact) mass is 289 g/mol. The van der Waals surface area contributed by atoms with Crippen molar-refractivity contribution in [2.45, 2.75) is 6.54 Å². The fourth-order valence-corrected chi connectivity index (χ4v) is 2.84. The average molecular weight is 290 g/mol. The number of para-hydroxylation sites is 1. The van der Waals surface area contributed by atoms with Crippen LogP contribution in [0.15, 0.2) is 53.7 Å². The third kappa shape index (κ3) is 2.64. The Balaban J connectivity index is 1.91. The van der Waals surface area contributed by atoms with Gasteiger partial charge in [-0.2, -0.15) is 11.3 Å². The minimum absolute atomic E-state index is 0.702. The Kier molecular flexibility index (Phi) is 3.53. The molecule has 2 aromatic heterocycles. The molecule has 0 spiro atoms. The number of hydrogen-bond donors (Lipinski definition) is 1. The van der Waals surface area contributed by atoms with Crippen molar-refractivity contribution in [3.63, 3.8) is 0 Å². The predicted octanol–water partition coefficient (Wildman–Crippen LogP) is 4.20. The van der Waals surface area contributed by atoms with Crippen molar-refractivity contribution in [3.05, 3.63) is 64.3 Å². The van der Waals surface area contributed by atoms with Crippen LogP contribution in [0.25, 0.3) is 5.69 Å². The van der Waals surface area contributed by atoms with Crippen LogP contribution in [0.4, 0.5) is 5.69 Å². The fraction of sp³-hybridized carbons (Fsp3) is 0.0714. The van der Waals surface area contributed by atoms with E-state index >= 15 is 0 Å². The fourth-order valence-electron chi connectivity index (χ4n) is 1.90. The maximum absolute atomic E-state index is 6.29. The molecular formula is C14H12ClN3S. The van der Waals surface area contributed by atoms with E-state index in [1.54, 1.807) is 23.9 Å². The van der Waals surface area contributed by atoms with Crippen LogP contribution < -0.4 is 5.32 Å². The molecule has 0 radical (unpaired) electrons. The zero-order valence-electron chi connectivity index (χ0n) is 10.1. The summed E-state index contributed by atoms with van der Waals surface area (Å²) in [6.45, 7) is 0.783. The summed E-state index contributed by atoms with van der Waals surface area (Å²) in [5.74, 6) is 0. The van der Waals surface area contributed by atoms with Gasteiger partial charge in [-0.25, -0.2) is 4.98 Å². The second kappa shape index (κ2) is 5.47. The van der Waals surface area contributed by atoms with Crippen molar-refractivity contribution in [2.75, 3.05) is 5.32 Å². The van der Waals surface area contributed by atoms with Gasteiger partial charge in [0.25, 0.3) is 0 Å². The average Bonchev–Trinajstić information content (AvgIpc) is 3.09. The van der Waals surface area contributed by atoms with Gasteiger partial charge in [0.15, 0.2) is 0 Å². The third-order valence-electron chi connectivity index (χ3n) is 2.81. The molecule has 96 valence electrons. The second-order valence-corrected chi connectivity index (χ2v) is 5.28. The number of halogens is 1. The van der Waals surface area contributed by atoms with E-state index < -0.39 is 0 Å². The van der Waals surface area contributed by atoms with Crippen molar-refractivity contribution in [2.24, 2.45) is 0 Å². The van der Waals surface area contributed by atoms with Gasteiger partial charge in [0.05, 0.1) is 22.7 Å². The molecule has 5 heteroatoms. The first-order chi connectivity index (χ1) is 9.34. The highest BCUT2D eigenvalue weighted by atomic mass is 35.5. The van der Waals surface area contributed by atoms with Crippen LogP contribution in [0, 0.1) is 0 Å². The quantitative estimate of drug-likeness (QED) is 0.780. The highest BCUT2D eigenvalue weighted by Gasteiger charge is 2.08. The molecule has 0 amide bonds. The lowest BCUT2D eigenvalue weighted by Gasteiger charge is -2.13. The van der Waals surface area contributed by atoms with Crippen LogP contribution in [0.1, 0.15) is 5.56 Å². The molecule has 0 aliphatic carbocycles. The van der Waals surface area contributed by atoms with Crippen molar-refractivity contribution in [1.82, 2.24) is 9.55 Å². The summed E-state index contributed by atoms with van der Waals surface area (Å²) in [5, 5.41) is 8.33. The van der Waals surface area contributed by atoms with E-state index in [0.29, 0.717) is 5.02 Å². The van der Waals surface area contributed by atoms with Gasteiger partial charge in [0.2, 0.25) is 0 Å². The number of anilines is 1. The summed E-state index contributed by atoms with van der Waals surface area (Å²) < 4.78 is 1.91. The van der Waals surface area contributed by atoms with Crippen molar-refractivity contribution in [1.29, 1.82) is 0 Å². The number of hydrogen-bond acceptors (Lipinski definition) is 3. The van der Waals surface area contributed by atoms with E-state index in [9.17, 15) is 0 Å². The topological polar surface area (TPSA) is 29.9 Å². The summed E-state index contributed by atoms with van der Waals surface area (Å²) in [6.07, 6.45) is 5.37. The van der Waals surface area contributed by atoms with Crippen molar-refractivity contribution >= 4 is 28.6 Å². The summed E-state index contributed by atoms with van der Waals surface area (Å²) in [4.78, 5) is 4.07. The van der Waals surface area contributed by atoms with E-state index in [1.165, 1.54) is 5.56 Å². The maximum Gasteiger partial charge on any atom is 0.0992 e. The second-order valence-electron chi connectivity index (χ2n) is 4.09. The Morgan fingerprint density at radius 1 is 1.32 bits per heavy atom. The largest absolute Gasteiger partial charge is 0.379 e. The highest BCUT2D eigenvalue weighted by molar-refractivity contribution is 7.07. The van der Waals surface area contributed by atoms with Crippen LogP contribution in [0.5, 0.6) is 0 Å². The Morgan fingerprint density at radius 3 is 3.00 bits per heavy atom. The molecule has 0 atom stereocenters. The van der Waals surface area contributed by atoms with Gasteiger partial charge in [-0.15, -0.1) is 0 Å². The molecule has 19 heavy (non-hydrogen) atoms. The van der Waals surface area contributed by atoms with E-state index in [-0.39, 0.29) is 0 Å². The molecule has 0 aliphatic rings. The van der Waals surface area contributed by atoms with Gasteiger partial charge >= 0.3 is 0 Å². The lowest BCUT2D eigenvalue weighted by atomic mass is 10.2. The minimum atomic E-state index is 0.702. The van der Waals surface area contributed by atoms with Gasteiger partial charge in [-0.3, -0.25) is 0 Å². The molecule has 3 aromatic rings. The lowest BCUT2D eigenvalue weighted by molar-refractivity contribution is 1.04. The predicted molar refractivity (Wildman–Crippen MR) is 80.2 cm³/mol. The molecular weight excluding hydrogens is 278 g/mol. The molecule has 0 aliphatic heterocycles. The van der Waals surface area contributed by atoms with Gasteiger partial charge < -0.3 is 9.88 Å². The summed E-state index contributed by atoms with van der Waals surface area (Å²) in [6, 6.07) is 7.96. The summed E-state index contributed by atoms with van der Waals surface area (Å²) in [7, 11) is 0. The number of nitrogens with one attached hydrogen (secondary N) is 1. The van der Waals surface area contributed by atoms with E-state index in [1.807, 2.05) is 29.0 Å². The number of benzene rings is 1. The molecule has 0 unspecified atom stereocenters. The van der Waals surface area contributed by atoms with Gasteiger partial charge in [-0.1, -0.05) is 17.7 Å². The SMILES string of the molecule is Clc1cccc(NCc2ccsc2)c1-n1ccnc1. The number of nitrogens with zero attached hydrogens (tertiary/aromatic N) is 2. The zero-order valence-corrected chi connectivity index (χ0v) is 11.7. The molecule has 2 heterocycles. The number of thiophene rings is 1. The maximum atomic E-state index is 6.29. The Labute approximate surface area is 120 Å². The molecule has 1 N–H and O–H groups in total. The molecule has 3 nitrogen and oxygen atoms in total. The molecule has 0 bridgehead atoms. The molecule has 1 aromatic carbocycles. The first kappa shape index (κ1) is 12.3. The number of aromatic nitrogens is 2. The molecule has 3 rings (SSSR count). The molecule has 0 saturated heterocycles. The van der Waals surface area contributed by atoms with Gasteiger partial charge in [0, 0.05) is 18.9 Å². The van der Waals surface area contributed by atoms with Gasteiger partial charge in [0.1, 0.15) is 0 Å². The van der Waals surface area contributed by atoms with Crippen LogP contribution in [0.3, 0.4) is 0 Å². The molecule has 0 fully saturated rings. The summed E-state index contributed by atoms with van der Waals surface area (Å²) in [5.41, 5.74) is 3.19. The Hall–Kier alpha value is -1.78. The highest BCUT2D eigenvalue weighted by Crippen LogP contribution is 2.28. The first-order valence-corrected chi connectivity index (χ1v) is 7.18. The molecule has 0 saturated carbocycles. The Morgan fingerprint density at radius 2 is 2.26 bits per heavy atom. The normalized spacial score (nSPS) is 10.6. The van der Waals surface area contributed by atoms with E-state index in [0.717, 1.165) is 17.9 Å². The smallest absolute Gasteiger partial charge is 0.0992 e. The van der Waals surface area contributed by atoms with Crippen LogP contribution in [0.2, 0.25) is 5.02 Å². The third-order valence-corrected chi connectivity index (χ3v) is 3.85. The van der Waals surface area contributed by atoms with Crippen LogP contribution in [-0.2, 0) is 6.54 Å². The van der Waals surface area contributed by atoms with Gasteiger partial charge in [-0.05, 0) is 34.5 Å². The lowest BCUT2D eigenvalue weighted by Crippen LogP contribution is -2.03. The Bertz CT molecular complexity index is 647. The first-order valence-electron chi connectivity index (χ1n) is 5.86. The van der Waals surface area contributed by atoms with E-state index in [4.69, 9.17) is 11.6 Å². The van der Waals surface area contributed by atoms with Crippen molar-refractivity contribution < 1.29 is 0 Å². The number of imidazole rings is 1. The minimum Gasteiger partial charge on any atom is -0.379 e. The summed E-state index contributed by atoms with van der Waals surface area (Å²) >= 11 is 7.99. The standard InChI is InChI=1S/C14H12ClN3S/c15-12-2-1-3-13(14(12)18-6-5-16-10-18)17-8-11-4-7-19-9-11/h1-7,9-10,17H,8H2. The van der Waals surface area contributed by atoms with E-state index in [2.05, 4.69) is 27.1 Å². The number of rotatable bonds is 4. The van der Waals surface area contributed by atoms with Crippen molar-refractivity contribution in [3.8, 4) is 5.69 Å².